The highest BCUT2D eigenvalue weighted by Crippen LogP contribution is 2.16. The lowest BCUT2D eigenvalue weighted by Crippen LogP contribution is -2.42. The van der Waals surface area contributed by atoms with Crippen molar-refractivity contribution in [2.75, 3.05) is 31.5 Å². The van der Waals surface area contributed by atoms with E-state index in [1.165, 1.54) is 0 Å². The van der Waals surface area contributed by atoms with Crippen LogP contribution in [-0.2, 0) is 4.79 Å². The van der Waals surface area contributed by atoms with Crippen molar-refractivity contribution in [2.24, 2.45) is 11.1 Å². The fraction of sp³-hybridized carbons (Fsp3) is 0.562. The monoisotopic (exact) mass is 277 g/mol. The summed E-state index contributed by atoms with van der Waals surface area (Å²) in [5.41, 5.74) is 7.74. The first-order valence-electron chi connectivity index (χ1n) is 7.16. The molecular formula is C16H27N3O. The zero-order valence-corrected chi connectivity index (χ0v) is 13.1. The van der Waals surface area contributed by atoms with Gasteiger partial charge < -0.3 is 11.1 Å². The average molecular weight is 277 g/mol. The van der Waals surface area contributed by atoms with Gasteiger partial charge in [-0.2, -0.15) is 0 Å². The number of benzene rings is 1. The first-order valence-corrected chi connectivity index (χ1v) is 7.16. The van der Waals surface area contributed by atoms with Gasteiger partial charge in [0, 0.05) is 12.2 Å². The van der Waals surface area contributed by atoms with E-state index in [0.29, 0.717) is 13.1 Å². The molecule has 0 fully saturated rings. The summed E-state index contributed by atoms with van der Waals surface area (Å²) in [7, 11) is 0. The lowest BCUT2D eigenvalue weighted by Gasteiger charge is -2.30. The molecule has 0 saturated heterocycles. The van der Waals surface area contributed by atoms with Crippen molar-refractivity contribution in [1.82, 2.24) is 4.90 Å². The standard InChI is InChI=1S/C16H27N3O/c1-5-19(12-16(3,4)11-17)10-15(20)18-14-9-7-6-8-13(14)2/h6-9H,5,10-12,17H2,1-4H3,(H,18,20). The fourth-order valence-corrected chi connectivity index (χ4v) is 2.06. The number of anilines is 1. The zero-order valence-electron chi connectivity index (χ0n) is 13.1. The Bertz CT molecular complexity index is 443. The van der Waals surface area contributed by atoms with Gasteiger partial charge in [-0.25, -0.2) is 0 Å². The smallest absolute Gasteiger partial charge is 0.238 e. The van der Waals surface area contributed by atoms with Gasteiger partial charge in [0.05, 0.1) is 6.54 Å². The van der Waals surface area contributed by atoms with Gasteiger partial charge in [-0.1, -0.05) is 39.0 Å². The summed E-state index contributed by atoms with van der Waals surface area (Å²) in [5, 5.41) is 2.97. The Hall–Kier alpha value is -1.39. The van der Waals surface area contributed by atoms with E-state index in [0.717, 1.165) is 24.3 Å². The Morgan fingerprint density at radius 3 is 2.55 bits per heavy atom. The average Bonchev–Trinajstić information content (AvgIpc) is 2.40. The van der Waals surface area contributed by atoms with Crippen molar-refractivity contribution in [2.45, 2.75) is 27.7 Å². The maximum absolute atomic E-state index is 12.1. The highest BCUT2D eigenvalue weighted by molar-refractivity contribution is 5.92. The van der Waals surface area contributed by atoms with Crippen LogP contribution in [-0.4, -0.2) is 37.0 Å². The highest BCUT2D eigenvalue weighted by Gasteiger charge is 2.20. The second-order valence-electron chi connectivity index (χ2n) is 6.03. The van der Waals surface area contributed by atoms with Gasteiger partial charge in [0.15, 0.2) is 0 Å². The molecule has 0 atom stereocenters. The van der Waals surface area contributed by atoms with Crippen molar-refractivity contribution in [3.05, 3.63) is 29.8 Å². The van der Waals surface area contributed by atoms with Crippen LogP contribution in [0, 0.1) is 12.3 Å². The van der Waals surface area contributed by atoms with Crippen LogP contribution in [0.1, 0.15) is 26.3 Å². The minimum atomic E-state index is 0.0222. The van der Waals surface area contributed by atoms with E-state index in [1.807, 2.05) is 31.2 Å². The van der Waals surface area contributed by atoms with E-state index < -0.39 is 0 Å². The number of hydrogen-bond acceptors (Lipinski definition) is 3. The molecule has 0 spiro atoms. The number of carbonyl (C=O) groups is 1. The van der Waals surface area contributed by atoms with Gasteiger partial charge in [0.1, 0.15) is 0 Å². The molecule has 0 bridgehead atoms. The van der Waals surface area contributed by atoms with Crippen molar-refractivity contribution in [3.8, 4) is 0 Å². The highest BCUT2D eigenvalue weighted by atomic mass is 16.2. The van der Waals surface area contributed by atoms with Crippen LogP contribution in [0.15, 0.2) is 24.3 Å². The third kappa shape index (κ3) is 5.31. The number of rotatable bonds is 7. The molecule has 112 valence electrons. The van der Waals surface area contributed by atoms with Crippen molar-refractivity contribution in [1.29, 1.82) is 0 Å². The molecule has 0 aliphatic rings. The second-order valence-corrected chi connectivity index (χ2v) is 6.03. The molecule has 3 N–H and O–H groups in total. The predicted molar refractivity (Wildman–Crippen MR) is 84.8 cm³/mol. The summed E-state index contributed by atoms with van der Waals surface area (Å²) in [6.07, 6.45) is 0. The number of para-hydroxylation sites is 1. The van der Waals surface area contributed by atoms with E-state index in [-0.39, 0.29) is 11.3 Å². The minimum Gasteiger partial charge on any atom is -0.330 e. The van der Waals surface area contributed by atoms with Crippen LogP contribution in [0.2, 0.25) is 0 Å². The number of likely N-dealkylation sites (N-methyl/N-ethyl adjacent to an activating group) is 1. The van der Waals surface area contributed by atoms with E-state index >= 15 is 0 Å². The molecule has 4 heteroatoms. The molecule has 0 unspecified atom stereocenters. The van der Waals surface area contributed by atoms with Crippen LogP contribution >= 0.6 is 0 Å². The third-order valence-corrected chi connectivity index (χ3v) is 3.44. The number of nitrogens with two attached hydrogens (primary N) is 1. The molecule has 0 aromatic heterocycles. The number of nitrogens with zero attached hydrogens (tertiary/aromatic N) is 1. The molecule has 1 rings (SSSR count). The summed E-state index contributed by atoms with van der Waals surface area (Å²) >= 11 is 0. The molecule has 20 heavy (non-hydrogen) atoms. The Balaban J connectivity index is 2.58. The Morgan fingerprint density at radius 1 is 1.35 bits per heavy atom. The number of aryl methyl sites for hydroxylation is 1. The van der Waals surface area contributed by atoms with Crippen molar-refractivity contribution < 1.29 is 4.79 Å². The second kappa shape index (κ2) is 7.41. The van der Waals surface area contributed by atoms with Gasteiger partial charge in [0.25, 0.3) is 0 Å². The van der Waals surface area contributed by atoms with Crippen molar-refractivity contribution >= 4 is 11.6 Å². The summed E-state index contributed by atoms with van der Waals surface area (Å²) in [4.78, 5) is 14.2. The Labute approximate surface area is 122 Å². The van der Waals surface area contributed by atoms with Crippen LogP contribution in [0.5, 0.6) is 0 Å². The first kappa shape index (κ1) is 16.7. The van der Waals surface area contributed by atoms with E-state index in [4.69, 9.17) is 5.73 Å². The maximum Gasteiger partial charge on any atom is 0.238 e. The summed E-state index contributed by atoms with van der Waals surface area (Å²) < 4.78 is 0. The minimum absolute atomic E-state index is 0.0222. The Morgan fingerprint density at radius 2 is 2.00 bits per heavy atom. The normalized spacial score (nSPS) is 11.7. The molecule has 0 aliphatic heterocycles. The molecule has 1 amide bonds. The Kier molecular flexibility index (Phi) is 6.17. The van der Waals surface area contributed by atoms with Gasteiger partial charge in [-0.15, -0.1) is 0 Å². The summed E-state index contributed by atoms with van der Waals surface area (Å²) in [6, 6.07) is 7.81. The molecule has 0 aliphatic carbocycles. The van der Waals surface area contributed by atoms with Crippen molar-refractivity contribution in [3.63, 3.8) is 0 Å². The summed E-state index contributed by atoms with van der Waals surface area (Å²) in [5.74, 6) is 0.0222. The van der Waals surface area contributed by atoms with E-state index in [2.05, 4.69) is 31.0 Å². The zero-order chi connectivity index (χ0) is 15.2. The van der Waals surface area contributed by atoms with Crippen LogP contribution < -0.4 is 11.1 Å². The van der Waals surface area contributed by atoms with E-state index in [1.54, 1.807) is 0 Å². The third-order valence-electron chi connectivity index (χ3n) is 3.44. The first-order chi connectivity index (χ1) is 9.38. The molecule has 4 nitrogen and oxygen atoms in total. The molecular weight excluding hydrogens is 250 g/mol. The number of amides is 1. The van der Waals surface area contributed by atoms with Crippen LogP contribution in [0.3, 0.4) is 0 Å². The molecule has 0 saturated carbocycles. The fourth-order valence-electron chi connectivity index (χ4n) is 2.06. The number of nitrogens with one attached hydrogen (secondary N) is 1. The summed E-state index contributed by atoms with van der Waals surface area (Å²) in [6.45, 7) is 11.0. The number of hydrogen-bond donors (Lipinski definition) is 2. The van der Waals surface area contributed by atoms with Gasteiger partial charge in [-0.3, -0.25) is 9.69 Å². The molecule has 0 heterocycles. The lowest BCUT2D eigenvalue weighted by atomic mass is 9.93. The lowest BCUT2D eigenvalue weighted by molar-refractivity contribution is -0.117. The SMILES string of the molecule is CCN(CC(=O)Nc1ccccc1C)CC(C)(C)CN. The number of carbonyl (C=O) groups excluding carboxylic acids is 1. The van der Waals surface area contributed by atoms with E-state index in [9.17, 15) is 4.79 Å². The van der Waals surface area contributed by atoms with Gasteiger partial charge >= 0.3 is 0 Å². The molecule has 1 aromatic rings. The maximum atomic E-state index is 12.1. The largest absolute Gasteiger partial charge is 0.330 e. The molecule has 1 aromatic carbocycles. The molecule has 0 radical (unpaired) electrons. The van der Waals surface area contributed by atoms with Crippen LogP contribution in [0.4, 0.5) is 5.69 Å². The van der Waals surface area contributed by atoms with Gasteiger partial charge in [0.2, 0.25) is 5.91 Å². The quantitative estimate of drug-likeness (QED) is 0.803. The topological polar surface area (TPSA) is 58.4 Å². The van der Waals surface area contributed by atoms with Gasteiger partial charge in [-0.05, 0) is 37.1 Å². The van der Waals surface area contributed by atoms with Crippen LogP contribution in [0.25, 0.3) is 0 Å². The predicted octanol–water partition coefficient (Wildman–Crippen LogP) is 2.24.